The Labute approximate surface area is 135 Å². The molecule has 1 aromatic rings. The lowest BCUT2D eigenvalue weighted by molar-refractivity contribution is 0.0593. The predicted octanol–water partition coefficient (Wildman–Crippen LogP) is 3.86. The van der Waals surface area contributed by atoms with Crippen molar-refractivity contribution in [3.05, 3.63) is 40.0 Å². The summed E-state index contributed by atoms with van der Waals surface area (Å²) in [4.78, 5) is 15.6. The Morgan fingerprint density at radius 2 is 1.64 bits per heavy atom. The number of aromatic nitrogens is 1. The number of nitrogens with zero attached hydrogens (tertiary/aromatic N) is 1. The van der Waals surface area contributed by atoms with Crippen LogP contribution in [0.5, 0.6) is 0 Å². The fourth-order valence-corrected chi connectivity index (χ4v) is 1.57. The van der Waals surface area contributed by atoms with Gasteiger partial charge in [0.1, 0.15) is 5.69 Å². The first kappa shape index (κ1) is 22.4. The van der Waals surface area contributed by atoms with Gasteiger partial charge >= 0.3 is 5.97 Å². The number of hydrogen-bond donors (Lipinski definition) is 0. The fourth-order valence-electron chi connectivity index (χ4n) is 1.57. The van der Waals surface area contributed by atoms with Crippen LogP contribution in [0.1, 0.15) is 65.4 Å². The topological polar surface area (TPSA) is 39.2 Å². The Hall–Kier alpha value is -1.90. The molecule has 1 heterocycles. The lowest BCUT2D eigenvalue weighted by atomic mass is 10.2. The molecule has 0 radical (unpaired) electrons. The smallest absolute Gasteiger partial charge is 0.356 e. The number of methoxy groups -OCH3 is 1. The summed E-state index contributed by atoms with van der Waals surface area (Å²) in [5, 5.41) is 1.88. The van der Waals surface area contributed by atoms with Crippen molar-refractivity contribution in [3.8, 4) is 0 Å². The van der Waals surface area contributed by atoms with E-state index in [9.17, 15) is 4.79 Å². The Morgan fingerprint density at radius 3 is 2.18 bits per heavy atom. The lowest BCUT2D eigenvalue weighted by Gasteiger charge is -1.97. The molecule has 0 fully saturated rings. The van der Waals surface area contributed by atoms with Crippen LogP contribution >= 0.6 is 0 Å². The van der Waals surface area contributed by atoms with Crippen molar-refractivity contribution in [1.82, 2.24) is 4.98 Å². The molecule has 1 aliphatic carbocycles. The molecule has 0 aliphatic heterocycles. The minimum Gasteiger partial charge on any atom is -0.464 e. The molecule has 1 aliphatic rings. The molecular formula is C19H31NO2. The first-order valence-corrected chi connectivity index (χ1v) is 8.14. The molecule has 0 atom stereocenters. The standard InChI is InChI=1S/C13H13NO2.3C2H6/c1-9-3-5-10-6-8-12(13(15)16-2)14-11(10)7-4-9;3*1-2/h3,5-8H,4H2,1-2H3;3*1-2H3. The minimum absolute atomic E-state index is 0.352. The molecule has 124 valence electrons. The van der Waals surface area contributed by atoms with E-state index < -0.39 is 5.97 Å². The van der Waals surface area contributed by atoms with E-state index in [-0.39, 0.29) is 0 Å². The molecule has 1 aromatic heterocycles. The van der Waals surface area contributed by atoms with E-state index in [1.165, 1.54) is 12.7 Å². The van der Waals surface area contributed by atoms with Gasteiger partial charge in [-0.25, -0.2) is 9.78 Å². The SMILES string of the molecule is CC.CC.CC.COC(=O)c1ccc2c(n1)=CCC(C)=CC=2. The maximum absolute atomic E-state index is 11.3. The van der Waals surface area contributed by atoms with Crippen LogP contribution in [0.25, 0.3) is 12.2 Å². The van der Waals surface area contributed by atoms with Gasteiger partial charge in [0.15, 0.2) is 0 Å². The number of carbonyl (C=O) groups is 1. The van der Waals surface area contributed by atoms with Crippen molar-refractivity contribution >= 4 is 18.1 Å². The van der Waals surface area contributed by atoms with E-state index in [0.29, 0.717) is 5.69 Å². The normalized spacial score (nSPS) is 10.8. The molecule has 0 saturated heterocycles. The first-order valence-electron chi connectivity index (χ1n) is 8.14. The quantitative estimate of drug-likeness (QED) is 0.740. The van der Waals surface area contributed by atoms with Crippen molar-refractivity contribution in [2.45, 2.75) is 54.9 Å². The summed E-state index contributed by atoms with van der Waals surface area (Å²) in [5.41, 5.74) is 1.63. The maximum atomic E-state index is 11.3. The highest BCUT2D eigenvalue weighted by atomic mass is 16.5. The molecule has 0 saturated carbocycles. The van der Waals surface area contributed by atoms with Crippen molar-refractivity contribution in [2.75, 3.05) is 7.11 Å². The monoisotopic (exact) mass is 305 g/mol. The Morgan fingerprint density at radius 1 is 1.05 bits per heavy atom. The van der Waals surface area contributed by atoms with Crippen molar-refractivity contribution < 1.29 is 9.53 Å². The number of carbonyl (C=O) groups excluding carboxylic acids is 1. The van der Waals surface area contributed by atoms with E-state index in [4.69, 9.17) is 0 Å². The highest BCUT2D eigenvalue weighted by Gasteiger charge is 2.06. The minimum atomic E-state index is -0.398. The maximum Gasteiger partial charge on any atom is 0.356 e. The van der Waals surface area contributed by atoms with E-state index >= 15 is 0 Å². The number of allylic oxidation sites excluding steroid dienone is 2. The Bertz CT molecular complexity index is 572. The number of esters is 1. The second-order valence-electron chi connectivity index (χ2n) is 3.75. The van der Waals surface area contributed by atoms with Crippen molar-refractivity contribution in [2.24, 2.45) is 0 Å². The van der Waals surface area contributed by atoms with Gasteiger partial charge in [-0.2, -0.15) is 0 Å². The summed E-state index contributed by atoms with van der Waals surface area (Å²) in [6.07, 6.45) is 6.97. The number of hydrogen-bond acceptors (Lipinski definition) is 3. The molecule has 22 heavy (non-hydrogen) atoms. The van der Waals surface area contributed by atoms with Crippen LogP contribution in [0.4, 0.5) is 0 Å². The van der Waals surface area contributed by atoms with Crippen LogP contribution in [-0.4, -0.2) is 18.1 Å². The highest BCUT2D eigenvalue weighted by molar-refractivity contribution is 5.87. The average molecular weight is 305 g/mol. The third-order valence-electron chi connectivity index (χ3n) is 2.52. The van der Waals surface area contributed by atoms with Crippen LogP contribution in [0.15, 0.2) is 23.8 Å². The van der Waals surface area contributed by atoms with E-state index in [1.54, 1.807) is 6.07 Å². The van der Waals surface area contributed by atoms with Gasteiger partial charge in [-0.1, -0.05) is 71.4 Å². The number of pyridine rings is 1. The van der Waals surface area contributed by atoms with E-state index in [2.05, 4.69) is 22.7 Å². The molecule has 3 heteroatoms. The number of fused-ring (bicyclic) bond motifs is 1. The van der Waals surface area contributed by atoms with Gasteiger partial charge < -0.3 is 4.74 Å². The predicted molar refractivity (Wildman–Crippen MR) is 96.2 cm³/mol. The fraction of sp³-hybridized carbons (Fsp3) is 0.474. The van der Waals surface area contributed by atoms with Crippen LogP contribution in [0.2, 0.25) is 0 Å². The van der Waals surface area contributed by atoms with Crippen LogP contribution in [0, 0.1) is 0 Å². The highest BCUT2D eigenvalue weighted by Crippen LogP contribution is 2.02. The van der Waals surface area contributed by atoms with Crippen LogP contribution in [-0.2, 0) is 4.74 Å². The second-order valence-corrected chi connectivity index (χ2v) is 3.75. The molecule has 0 bridgehead atoms. The summed E-state index contributed by atoms with van der Waals surface area (Å²) >= 11 is 0. The van der Waals surface area contributed by atoms with Gasteiger partial charge in [0, 0.05) is 0 Å². The molecule has 0 N–H and O–H groups in total. The van der Waals surface area contributed by atoms with Gasteiger partial charge in [0.25, 0.3) is 0 Å². The molecule has 2 rings (SSSR count). The van der Waals surface area contributed by atoms with E-state index in [1.807, 2.05) is 59.8 Å². The average Bonchev–Trinajstić information content (AvgIpc) is 2.81. The zero-order chi connectivity index (χ0) is 17.5. The van der Waals surface area contributed by atoms with Crippen molar-refractivity contribution in [3.63, 3.8) is 0 Å². The molecule has 0 unspecified atom stereocenters. The van der Waals surface area contributed by atoms with Crippen LogP contribution < -0.4 is 10.6 Å². The van der Waals surface area contributed by atoms with Gasteiger partial charge in [-0.05, 0) is 24.6 Å². The van der Waals surface area contributed by atoms with E-state index in [0.717, 1.165) is 17.0 Å². The molecule has 0 amide bonds. The zero-order valence-corrected chi connectivity index (χ0v) is 15.4. The van der Waals surface area contributed by atoms with Gasteiger partial charge in [-0.15, -0.1) is 0 Å². The molecule has 0 spiro atoms. The molecule has 0 aromatic carbocycles. The summed E-state index contributed by atoms with van der Waals surface area (Å²) in [7, 11) is 1.36. The third kappa shape index (κ3) is 7.21. The summed E-state index contributed by atoms with van der Waals surface area (Å²) < 4.78 is 4.64. The third-order valence-corrected chi connectivity index (χ3v) is 2.52. The number of ether oxygens (including phenoxy) is 1. The Kier molecular flexibility index (Phi) is 14.3. The zero-order valence-electron chi connectivity index (χ0n) is 15.4. The first-order chi connectivity index (χ1) is 10.7. The molecule has 3 nitrogen and oxygen atoms in total. The van der Waals surface area contributed by atoms with Gasteiger partial charge in [0.2, 0.25) is 0 Å². The van der Waals surface area contributed by atoms with Gasteiger partial charge in [0.05, 0.1) is 12.5 Å². The summed E-state index contributed by atoms with van der Waals surface area (Å²) in [5.74, 6) is -0.398. The van der Waals surface area contributed by atoms with Crippen molar-refractivity contribution in [1.29, 1.82) is 0 Å². The molecular weight excluding hydrogens is 274 g/mol. The lowest BCUT2D eigenvalue weighted by Crippen LogP contribution is -2.29. The number of rotatable bonds is 1. The summed E-state index contributed by atoms with van der Waals surface area (Å²) in [6, 6.07) is 3.57. The second kappa shape index (κ2) is 14.1. The van der Waals surface area contributed by atoms with Crippen LogP contribution in [0.3, 0.4) is 0 Å². The van der Waals surface area contributed by atoms with Gasteiger partial charge in [-0.3, -0.25) is 0 Å². The largest absolute Gasteiger partial charge is 0.464 e. The Balaban J connectivity index is 0. The summed E-state index contributed by atoms with van der Waals surface area (Å²) in [6.45, 7) is 14.1.